The van der Waals surface area contributed by atoms with Gasteiger partial charge in [0, 0.05) is 6.04 Å². The molecular weight excluding hydrogens is 218 g/mol. The maximum atomic E-state index is 3.81. The van der Waals surface area contributed by atoms with Gasteiger partial charge >= 0.3 is 0 Å². The van der Waals surface area contributed by atoms with Gasteiger partial charge in [0.25, 0.3) is 0 Å². The molecule has 1 saturated carbocycles. The lowest BCUT2D eigenvalue weighted by molar-refractivity contribution is 0.0873. The zero-order chi connectivity index (χ0) is 13.6. The summed E-state index contributed by atoms with van der Waals surface area (Å²) < 4.78 is 0. The molecule has 2 atom stereocenters. The molecule has 1 N–H and O–H groups in total. The topological polar surface area (TPSA) is 12.0 Å². The minimum Gasteiger partial charge on any atom is -0.314 e. The fraction of sp³-hybridized carbons (Fsp3) is 1.00. The molecule has 18 heavy (non-hydrogen) atoms. The summed E-state index contributed by atoms with van der Waals surface area (Å²) in [4.78, 5) is 0. The van der Waals surface area contributed by atoms with E-state index in [-0.39, 0.29) is 0 Å². The Bertz CT molecular complexity index is 218. The van der Waals surface area contributed by atoms with E-state index in [4.69, 9.17) is 0 Å². The van der Waals surface area contributed by atoms with Crippen molar-refractivity contribution in [2.24, 2.45) is 17.3 Å². The van der Waals surface area contributed by atoms with Gasteiger partial charge in [-0.05, 0) is 43.1 Å². The van der Waals surface area contributed by atoms with E-state index in [0.717, 1.165) is 24.4 Å². The van der Waals surface area contributed by atoms with Gasteiger partial charge in [-0.3, -0.25) is 0 Å². The molecule has 0 radical (unpaired) electrons. The summed E-state index contributed by atoms with van der Waals surface area (Å²) in [6, 6.07) is 0.746. The van der Waals surface area contributed by atoms with Gasteiger partial charge in [-0.25, -0.2) is 0 Å². The van der Waals surface area contributed by atoms with E-state index >= 15 is 0 Å². The van der Waals surface area contributed by atoms with Crippen molar-refractivity contribution in [3.8, 4) is 0 Å². The highest BCUT2D eigenvalue weighted by molar-refractivity contribution is 4.91. The zero-order valence-corrected chi connectivity index (χ0v) is 13.4. The van der Waals surface area contributed by atoms with E-state index in [1.165, 1.54) is 44.9 Å². The molecule has 1 aliphatic carbocycles. The molecule has 1 heteroatoms. The summed E-state index contributed by atoms with van der Waals surface area (Å²) in [5.74, 6) is 1.79. The van der Waals surface area contributed by atoms with E-state index in [1.807, 2.05) is 0 Å². The van der Waals surface area contributed by atoms with Gasteiger partial charge in [-0.1, -0.05) is 60.3 Å². The van der Waals surface area contributed by atoms with Crippen molar-refractivity contribution in [2.45, 2.75) is 85.6 Å². The maximum Gasteiger partial charge on any atom is 0.0103 e. The summed E-state index contributed by atoms with van der Waals surface area (Å²) in [6.45, 7) is 13.1. The van der Waals surface area contributed by atoms with Crippen molar-refractivity contribution in [3.63, 3.8) is 0 Å². The monoisotopic (exact) mass is 253 g/mol. The van der Waals surface area contributed by atoms with Crippen LogP contribution in [0.5, 0.6) is 0 Å². The minimum absolute atomic E-state index is 0.539. The van der Waals surface area contributed by atoms with Crippen molar-refractivity contribution in [1.82, 2.24) is 5.32 Å². The van der Waals surface area contributed by atoms with Gasteiger partial charge in [0.1, 0.15) is 0 Å². The number of nitrogens with one attached hydrogen (secondary N) is 1. The normalized spacial score (nSPS) is 25.3. The van der Waals surface area contributed by atoms with Crippen LogP contribution in [0.25, 0.3) is 0 Å². The second-order valence-corrected chi connectivity index (χ2v) is 6.92. The molecule has 0 aliphatic heterocycles. The molecule has 1 nitrogen and oxygen atoms in total. The van der Waals surface area contributed by atoms with E-state index in [2.05, 4.69) is 39.9 Å². The number of hydrogen-bond acceptors (Lipinski definition) is 1. The Kier molecular flexibility index (Phi) is 6.70. The Balaban J connectivity index is 2.69. The van der Waals surface area contributed by atoms with Crippen LogP contribution in [-0.4, -0.2) is 12.6 Å². The molecule has 0 aromatic carbocycles. The molecular formula is C17H35N. The Morgan fingerprint density at radius 3 is 2.28 bits per heavy atom. The van der Waals surface area contributed by atoms with Crippen molar-refractivity contribution in [2.75, 3.05) is 6.54 Å². The summed E-state index contributed by atoms with van der Waals surface area (Å²) in [7, 11) is 0. The molecule has 0 heterocycles. The molecule has 108 valence electrons. The lowest BCUT2D eigenvalue weighted by Crippen LogP contribution is -2.45. The highest BCUT2D eigenvalue weighted by Crippen LogP contribution is 2.43. The molecule has 1 aliphatic rings. The molecule has 0 amide bonds. The lowest BCUT2D eigenvalue weighted by atomic mass is 9.64. The Morgan fingerprint density at radius 2 is 1.78 bits per heavy atom. The van der Waals surface area contributed by atoms with Crippen LogP contribution in [0.15, 0.2) is 0 Å². The summed E-state index contributed by atoms with van der Waals surface area (Å²) in [5.41, 5.74) is 0.539. The van der Waals surface area contributed by atoms with Gasteiger partial charge in [-0.2, -0.15) is 0 Å². The van der Waals surface area contributed by atoms with Crippen LogP contribution in [-0.2, 0) is 0 Å². The zero-order valence-electron chi connectivity index (χ0n) is 13.4. The van der Waals surface area contributed by atoms with Crippen LogP contribution in [0, 0.1) is 17.3 Å². The van der Waals surface area contributed by atoms with Crippen molar-refractivity contribution >= 4 is 0 Å². The predicted octanol–water partition coefficient (Wildman–Crippen LogP) is 5.01. The first-order chi connectivity index (χ1) is 8.55. The molecule has 0 spiro atoms. The Hall–Kier alpha value is -0.0400. The summed E-state index contributed by atoms with van der Waals surface area (Å²) in [5, 5.41) is 3.81. The second kappa shape index (κ2) is 7.53. The van der Waals surface area contributed by atoms with Crippen molar-refractivity contribution in [1.29, 1.82) is 0 Å². The van der Waals surface area contributed by atoms with Crippen LogP contribution in [0.3, 0.4) is 0 Å². The van der Waals surface area contributed by atoms with Gasteiger partial charge in [0.05, 0.1) is 0 Å². The first-order valence-corrected chi connectivity index (χ1v) is 8.28. The molecule has 1 rings (SSSR count). The van der Waals surface area contributed by atoms with Gasteiger partial charge < -0.3 is 5.32 Å². The third-order valence-electron chi connectivity index (χ3n) is 5.28. The predicted molar refractivity (Wildman–Crippen MR) is 81.9 cm³/mol. The van der Waals surface area contributed by atoms with Gasteiger partial charge in [0.2, 0.25) is 0 Å². The van der Waals surface area contributed by atoms with Crippen LogP contribution < -0.4 is 5.32 Å². The molecule has 0 bridgehead atoms. The molecule has 0 saturated heterocycles. The maximum absolute atomic E-state index is 3.81. The first kappa shape index (κ1) is 16.0. The minimum atomic E-state index is 0.539. The van der Waals surface area contributed by atoms with Gasteiger partial charge in [-0.15, -0.1) is 0 Å². The average molecular weight is 253 g/mol. The van der Waals surface area contributed by atoms with E-state index in [1.54, 1.807) is 0 Å². The average Bonchev–Trinajstić information content (AvgIpc) is 2.34. The standard InChI is InChI=1S/C17H35N/c1-6-14(7-2)13-16(18-8-3)15-11-9-10-12-17(15,4)5/h14-16,18H,6-13H2,1-5H3. The van der Waals surface area contributed by atoms with E-state index in [0.29, 0.717) is 5.41 Å². The van der Waals surface area contributed by atoms with Crippen molar-refractivity contribution < 1.29 is 0 Å². The fourth-order valence-corrected chi connectivity index (χ4v) is 3.90. The largest absolute Gasteiger partial charge is 0.314 e. The van der Waals surface area contributed by atoms with E-state index < -0.39 is 0 Å². The first-order valence-electron chi connectivity index (χ1n) is 8.28. The molecule has 2 unspecified atom stereocenters. The highest BCUT2D eigenvalue weighted by atomic mass is 14.9. The number of hydrogen-bond donors (Lipinski definition) is 1. The Labute approximate surface area is 115 Å². The quantitative estimate of drug-likeness (QED) is 0.672. The highest BCUT2D eigenvalue weighted by Gasteiger charge is 2.37. The van der Waals surface area contributed by atoms with E-state index in [9.17, 15) is 0 Å². The second-order valence-electron chi connectivity index (χ2n) is 6.92. The third-order valence-corrected chi connectivity index (χ3v) is 5.28. The fourth-order valence-electron chi connectivity index (χ4n) is 3.90. The smallest absolute Gasteiger partial charge is 0.0103 e. The van der Waals surface area contributed by atoms with Crippen LogP contribution in [0.2, 0.25) is 0 Å². The third kappa shape index (κ3) is 4.26. The number of rotatable bonds is 7. The molecule has 0 aromatic heterocycles. The van der Waals surface area contributed by atoms with Crippen LogP contribution >= 0.6 is 0 Å². The summed E-state index contributed by atoms with van der Waals surface area (Å²) in [6.07, 6.45) is 9.80. The molecule has 1 fully saturated rings. The van der Waals surface area contributed by atoms with Crippen molar-refractivity contribution in [3.05, 3.63) is 0 Å². The van der Waals surface area contributed by atoms with Crippen LogP contribution in [0.1, 0.15) is 79.6 Å². The SMILES string of the molecule is CCNC(CC(CC)CC)C1CCCCC1(C)C. The van der Waals surface area contributed by atoms with Crippen LogP contribution in [0.4, 0.5) is 0 Å². The molecule has 0 aromatic rings. The lowest BCUT2D eigenvalue weighted by Gasteiger charge is -2.44. The Morgan fingerprint density at radius 1 is 1.11 bits per heavy atom. The van der Waals surface area contributed by atoms with Gasteiger partial charge in [0.15, 0.2) is 0 Å². The summed E-state index contributed by atoms with van der Waals surface area (Å²) >= 11 is 0.